The number of hydrogen-bond acceptors (Lipinski definition) is 3. The van der Waals surface area contributed by atoms with Gasteiger partial charge in [-0.1, -0.05) is 57.2 Å². The van der Waals surface area contributed by atoms with Crippen LogP contribution < -0.4 is 10.6 Å². The summed E-state index contributed by atoms with van der Waals surface area (Å²) < 4.78 is 1.83. The lowest BCUT2D eigenvalue weighted by Crippen LogP contribution is -2.45. The summed E-state index contributed by atoms with van der Waals surface area (Å²) in [6.45, 7) is 16.1. The Morgan fingerprint density at radius 1 is 0.971 bits per heavy atom. The van der Waals surface area contributed by atoms with Crippen molar-refractivity contribution in [1.29, 1.82) is 0 Å². The lowest BCUT2D eigenvalue weighted by Gasteiger charge is -2.27. The molecule has 0 aliphatic heterocycles. The number of hydrogen-bond donors (Lipinski definition) is 2. The summed E-state index contributed by atoms with van der Waals surface area (Å²) in [5.41, 5.74) is 1.15. The summed E-state index contributed by atoms with van der Waals surface area (Å²) in [7, 11) is 0. The second kappa shape index (κ2) is 9.49. The predicted molar refractivity (Wildman–Crippen MR) is 139 cm³/mol. The number of carbonyl (C=O) groups is 2. The van der Waals surface area contributed by atoms with Gasteiger partial charge in [-0.2, -0.15) is 5.10 Å². The molecule has 0 spiro atoms. The zero-order valence-electron chi connectivity index (χ0n) is 21.6. The first-order valence-corrected chi connectivity index (χ1v) is 11.7. The molecule has 0 unspecified atom stereocenters. The lowest BCUT2D eigenvalue weighted by atomic mass is 9.92. The largest absolute Gasteiger partial charge is 0.322 e. The predicted octanol–water partition coefficient (Wildman–Crippen LogP) is 5.97. The molecule has 2 aromatic carbocycles. The molecule has 0 radical (unpaired) electrons. The van der Waals surface area contributed by atoms with E-state index in [2.05, 4.69) is 31.4 Å². The van der Waals surface area contributed by atoms with E-state index < -0.39 is 0 Å². The maximum absolute atomic E-state index is 13.2. The van der Waals surface area contributed by atoms with E-state index in [1.165, 1.54) is 4.90 Å². The Kier molecular flexibility index (Phi) is 7.05. The van der Waals surface area contributed by atoms with Crippen molar-refractivity contribution in [3.63, 3.8) is 0 Å². The number of nitrogens with one attached hydrogen (secondary N) is 2. The van der Waals surface area contributed by atoms with Crippen molar-refractivity contribution >= 4 is 34.2 Å². The van der Waals surface area contributed by atoms with Crippen LogP contribution in [0.2, 0.25) is 0 Å². The minimum atomic E-state index is -0.318. The molecule has 0 fully saturated rings. The molecule has 0 saturated heterocycles. The monoisotopic (exact) mass is 463 g/mol. The maximum atomic E-state index is 13.2. The highest BCUT2D eigenvalue weighted by Crippen LogP contribution is 2.28. The summed E-state index contributed by atoms with van der Waals surface area (Å²) in [5.74, 6) is 0.355. The highest BCUT2D eigenvalue weighted by atomic mass is 16.2. The molecule has 1 aromatic heterocycles. The minimum Gasteiger partial charge on any atom is -0.313 e. The van der Waals surface area contributed by atoms with Gasteiger partial charge in [-0.3, -0.25) is 4.79 Å². The van der Waals surface area contributed by atoms with E-state index in [1.807, 2.05) is 87.8 Å². The van der Waals surface area contributed by atoms with Gasteiger partial charge in [0.25, 0.3) is 0 Å². The van der Waals surface area contributed by atoms with Crippen LogP contribution in [0.25, 0.3) is 10.8 Å². The van der Waals surface area contributed by atoms with E-state index in [-0.39, 0.29) is 35.5 Å². The molecule has 2 N–H and O–H groups in total. The summed E-state index contributed by atoms with van der Waals surface area (Å²) in [6, 6.07) is 15.1. The first-order chi connectivity index (χ1) is 15.8. The number of aromatic nitrogens is 2. The highest BCUT2D eigenvalue weighted by molar-refractivity contribution is 6.03. The zero-order valence-corrected chi connectivity index (χ0v) is 21.6. The van der Waals surface area contributed by atoms with E-state index in [0.29, 0.717) is 5.82 Å². The Morgan fingerprint density at radius 2 is 1.62 bits per heavy atom. The van der Waals surface area contributed by atoms with Gasteiger partial charge in [-0.05, 0) is 46.1 Å². The summed E-state index contributed by atoms with van der Waals surface area (Å²) in [6.07, 6.45) is 0. The van der Waals surface area contributed by atoms with Crippen LogP contribution in [0.3, 0.4) is 0 Å². The summed E-state index contributed by atoms with van der Waals surface area (Å²) >= 11 is 0. The summed E-state index contributed by atoms with van der Waals surface area (Å²) in [5, 5.41) is 12.7. The summed E-state index contributed by atoms with van der Waals surface area (Å²) in [4.78, 5) is 27.8. The Bertz CT molecular complexity index is 1180. The molecular formula is C27H37N5O2. The van der Waals surface area contributed by atoms with Gasteiger partial charge in [0.15, 0.2) is 0 Å². The third-order valence-corrected chi connectivity index (χ3v) is 5.61. The molecule has 7 heteroatoms. The Morgan fingerprint density at radius 3 is 2.24 bits per heavy atom. The van der Waals surface area contributed by atoms with E-state index in [0.717, 1.165) is 22.2 Å². The fraction of sp³-hybridized carbons (Fsp3) is 0.444. The second-order valence-corrected chi connectivity index (χ2v) is 11.0. The molecular weight excluding hydrogens is 426 g/mol. The van der Waals surface area contributed by atoms with Crippen LogP contribution in [-0.2, 0) is 15.7 Å². The van der Waals surface area contributed by atoms with Gasteiger partial charge in [0.05, 0.1) is 16.9 Å². The van der Waals surface area contributed by atoms with Crippen LogP contribution in [-0.4, -0.2) is 39.2 Å². The van der Waals surface area contributed by atoms with E-state index in [1.54, 1.807) is 0 Å². The molecule has 34 heavy (non-hydrogen) atoms. The van der Waals surface area contributed by atoms with E-state index >= 15 is 0 Å². The van der Waals surface area contributed by atoms with E-state index in [9.17, 15) is 9.59 Å². The van der Waals surface area contributed by atoms with Crippen molar-refractivity contribution in [1.82, 2.24) is 14.7 Å². The van der Waals surface area contributed by atoms with Crippen LogP contribution in [0.4, 0.5) is 16.3 Å². The molecule has 3 amide bonds. The van der Waals surface area contributed by atoms with Crippen molar-refractivity contribution < 1.29 is 9.59 Å². The molecule has 0 atom stereocenters. The molecule has 1 heterocycles. The number of benzene rings is 2. The maximum Gasteiger partial charge on any atom is 0.322 e. The Labute approximate surface area is 202 Å². The van der Waals surface area contributed by atoms with Gasteiger partial charge in [0, 0.05) is 22.9 Å². The third kappa shape index (κ3) is 5.76. The normalized spacial score (nSPS) is 12.1. The molecule has 3 rings (SSSR count). The quantitative estimate of drug-likeness (QED) is 0.489. The first kappa shape index (κ1) is 25.3. The second-order valence-electron chi connectivity index (χ2n) is 11.0. The van der Waals surface area contributed by atoms with Crippen LogP contribution in [0, 0.1) is 0 Å². The van der Waals surface area contributed by atoms with Gasteiger partial charge in [0.2, 0.25) is 5.91 Å². The average molecular weight is 464 g/mol. The van der Waals surface area contributed by atoms with Gasteiger partial charge in [-0.15, -0.1) is 0 Å². The topological polar surface area (TPSA) is 79.3 Å². The average Bonchev–Trinajstić information content (AvgIpc) is 3.17. The molecule has 182 valence electrons. The third-order valence-electron chi connectivity index (χ3n) is 5.61. The smallest absolute Gasteiger partial charge is 0.313 e. The Hall–Kier alpha value is -3.35. The fourth-order valence-corrected chi connectivity index (χ4v) is 3.70. The number of fused-ring (bicyclic) bond motifs is 1. The standard InChI is InChI=1S/C27H37N5O2/c1-18(2)31(25(34)28-21-15-11-13-19-12-9-10-14-20(19)21)17-24(33)29-23-16-22(26(3,4)5)30-32(23)27(6,7)8/h9-16,18H,17H2,1-8H3,(H,28,34)(H,29,33). The van der Waals surface area contributed by atoms with Gasteiger partial charge in [-0.25, -0.2) is 9.48 Å². The van der Waals surface area contributed by atoms with Crippen LogP contribution in [0.15, 0.2) is 48.5 Å². The minimum absolute atomic E-state index is 0.0750. The molecule has 0 bridgehead atoms. The highest BCUT2D eigenvalue weighted by Gasteiger charge is 2.27. The van der Waals surface area contributed by atoms with Crippen molar-refractivity contribution in [3.05, 3.63) is 54.2 Å². The number of urea groups is 1. The molecule has 0 aliphatic carbocycles. The Balaban J connectivity index is 1.79. The van der Waals surface area contributed by atoms with Crippen molar-refractivity contribution in [3.8, 4) is 0 Å². The molecule has 0 saturated carbocycles. The number of carbonyl (C=O) groups excluding carboxylic acids is 2. The molecule has 0 aliphatic rings. The van der Waals surface area contributed by atoms with Crippen molar-refractivity contribution in [2.45, 2.75) is 72.4 Å². The van der Waals surface area contributed by atoms with E-state index in [4.69, 9.17) is 5.10 Å². The SMILES string of the molecule is CC(C)N(CC(=O)Nc1cc(C(C)(C)C)nn1C(C)(C)C)C(=O)Nc1cccc2ccccc12. The van der Waals surface area contributed by atoms with Crippen LogP contribution >= 0.6 is 0 Å². The lowest BCUT2D eigenvalue weighted by molar-refractivity contribution is -0.117. The number of anilines is 2. The number of nitrogens with zero attached hydrogens (tertiary/aromatic N) is 3. The van der Waals surface area contributed by atoms with Crippen molar-refractivity contribution in [2.24, 2.45) is 0 Å². The molecule has 3 aromatic rings. The number of rotatable bonds is 5. The number of amides is 3. The van der Waals surface area contributed by atoms with Crippen LogP contribution in [0.5, 0.6) is 0 Å². The van der Waals surface area contributed by atoms with Gasteiger partial charge < -0.3 is 15.5 Å². The van der Waals surface area contributed by atoms with Crippen LogP contribution in [0.1, 0.15) is 61.1 Å². The zero-order chi connectivity index (χ0) is 25.3. The fourth-order valence-electron chi connectivity index (χ4n) is 3.70. The first-order valence-electron chi connectivity index (χ1n) is 11.7. The molecule has 7 nitrogen and oxygen atoms in total. The van der Waals surface area contributed by atoms with Gasteiger partial charge >= 0.3 is 6.03 Å². The van der Waals surface area contributed by atoms with Gasteiger partial charge in [0.1, 0.15) is 12.4 Å². The van der Waals surface area contributed by atoms with Crippen molar-refractivity contribution in [2.75, 3.05) is 17.2 Å².